The van der Waals surface area contributed by atoms with Crippen molar-refractivity contribution in [1.29, 1.82) is 5.26 Å². The average molecular weight is 492 g/mol. The standard InChI is InChI=1S/C27H33N5O4/c1-36-22-4-2-3-19-16(22)10-21(30-19)24(33)31-20(9-14-5-6-14)25(34)32-27(13-28)11-15-7-8-18(27)23-17(15)12-29-26(23)35/h2-4,10,14-15,17-18,20,23,26,29-30,35H,5-9,11-12H2,1H3,(H,31,33)(H,32,34). The summed E-state index contributed by atoms with van der Waals surface area (Å²) in [7, 11) is 1.59. The van der Waals surface area contributed by atoms with Crippen LogP contribution in [0.2, 0.25) is 0 Å². The molecule has 2 aromatic rings. The number of hydrogen-bond donors (Lipinski definition) is 5. The maximum absolute atomic E-state index is 13.6. The van der Waals surface area contributed by atoms with Gasteiger partial charge in [0.15, 0.2) is 0 Å². The fourth-order valence-electron chi connectivity index (χ4n) is 7.15. The van der Waals surface area contributed by atoms with E-state index in [1.54, 1.807) is 13.2 Å². The first-order valence-corrected chi connectivity index (χ1v) is 13.0. The van der Waals surface area contributed by atoms with E-state index in [2.05, 4.69) is 27.0 Å². The monoisotopic (exact) mass is 491 g/mol. The van der Waals surface area contributed by atoms with Crippen LogP contribution in [0.3, 0.4) is 0 Å². The van der Waals surface area contributed by atoms with Crippen LogP contribution in [-0.2, 0) is 4.79 Å². The van der Waals surface area contributed by atoms with Crippen LogP contribution in [0.4, 0.5) is 0 Å². The predicted molar refractivity (Wildman–Crippen MR) is 132 cm³/mol. The van der Waals surface area contributed by atoms with Crippen molar-refractivity contribution >= 4 is 22.7 Å². The molecule has 4 aliphatic carbocycles. The maximum atomic E-state index is 13.6. The molecule has 1 saturated heterocycles. The van der Waals surface area contributed by atoms with Gasteiger partial charge in [-0.3, -0.25) is 14.9 Å². The third-order valence-electron chi connectivity index (χ3n) is 9.08. The SMILES string of the molecule is COc1cccc2[nH]c(C(=O)NC(CC3CC3)C(=O)NC3(C#N)CC4CCC3C3C(O)NCC43)cc12. The molecule has 7 unspecified atom stereocenters. The van der Waals surface area contributed by atoms with E-state index in [9.17, 15) is 20.0 Å². The maximum Gasteiger partial charge on any atom is 0.268 e. The number of nitriles is 1. The molecule has 190 valence electrons. The van der Waals surface area contributed by atoms with E-state index in [0.29, 0.717) is 42.0 Å². The Morgan fingerprint density at radius 2 is 2.14 bits per heavy atom. The zero-order chi connectivity index (χ0) is 25.0. The van der Waals surface area contributed by atoms with Gasteiger partial charge in [0, 0.05) is 29.3 Å². The van der Waals surface area contributed by atoms with E-state index in [1.165, 1.54) is 0 Å². The Balaban J connectivity index is 1.22. The third kappa shape index (κ3) is 3.84. The predicted octanol–water partition coefficient (Wildman–Crippen LogP) is 2.04. The van der Waals surface area contributed by atoms with Gasteiger partial charge in [0.05, 0.1) is 13.2 Å². The number of aromatic amines is 1. The number of hydrogen-bond acceptors (Lipinski definition) is 6. The fourth-order valence-corrected chi connectivity index (χ4v) is 7.15. The van der Waals surface area contributed by atoms with E-state index < -0.39 is 17.8 Å². The summed E-state index contributed by atoms with van der Waals surface area (Å²) in [5, 5.41) is 30.9. The zero-order valence-corrected chi connectivity index (χ0v) is 20.4. The molecule has 7 rings (SSSR count). The van der Waals surface area contributed by atoms with E-state index in [0.717, 1.165) is 43.1 Å². The molecule has 1 aliphatic heterocycles. The third-order valence-corrected chi connectivity index (χ3v) is 9.08. The number of benzene rings is 1. The van der Waals surface area contributed by atoms with E-state index in [1.807, 2.05) is 18.2 Å². The first-order chi connectivity index (χ1) is 17.4. The molecule has 4 saturated carbocycles. The number of amides is 2. The molecule has 1 aromatic carbocycles. The Morgan fingerprint density at radius 1 is 1.31 bits per heavy atom. The number of carbonyl (C=O) groups is 2. The van der Waals surface area contributed by atoms with Crippen LogP contribution in [0.5, 0.6) is 5.75 Å². The highest BCUT2D eigenvalue weighted by atomic mass is 16.5. The van der Waals surface area contributed by atoms with Crippen molar-refractivity contribution in [2.45, 2.75) is 56.3 Å². The van der Waals surface area contributed by atoms with Crippen molar-refractivity contribution in [2.24, 2.45) is 29.6 Å². The minimum atomic E-state index is -1.02. The number of nitrogens with one attached hydrogen (secondary N) is 4. The summed E-state index contributed by atoms with van der Waals surface area (Å²) in [6, 6.07) is 9.01. The van der Waals surface area contributed by atoms with E-state index in [4.69, 9.17) is 4.74 Å². The van der Waals surface area contributed by atoms with Crippen LogP contribution >= 0.6 is 0 Å². The molecule has 36 heavy (non-hydrogen) atoms. The second kappa shape index (κ2) is 8.79. The Labute approximate surface area is 210 Å². The molecule has 7 atom stereocenters. The van der Waals surface area contributed by atoms with Crippen LogP contribution in [0, 0.1) is 40.9 Å². The summed E-state index contributed by atoms with van der Waals surface area (Å²) in [6.07, 6.45) is 4.42. The highest BCUT2D eigenvalue weighted by Gasteiger charge is 2.61. The van der Waals surface area contributed by atoms with Gasteiger partial charge in [-0.1, -0.05) is 18.9 Å². The molecule has 5 N–H and O–H groups in total. The smallest absolute Gasteiger partial charge is 0.268 e. The van der Waals surface area contributed by atoms with Gasteiger partial charge < -0.3 is 25.5 Å². The number of H-pyrrole nitrogens is 1. The minimum absolute atomic E-state index is 0.0322. The van der Waals surface area contributed by atoms with Gasteiger partial charge in [-0.15, -0.1) is 0 Å². The lowest BCUT2D eigenvalue weighted by molar-refractivity contribution is -0.129. The highest BCUT2D eigenvalue weighted by Crippen LogP contribution is 2.55. The number of fused-ring (bicyclic) bond motifs is 3. The largest absolute Gasteiger partial charge is 0.496 e. The van der Waals surface area contributed by atoms with Crippen LogP contribution in [0.25, 0.3) is 10.9 Å². The van der Waals surface area contributed by atoms with Crippen molar-refractivity contribution in [3.05, 3.63) is 30.0 Å². The average Bonchev–Trinajstić information content (AvgIpc) is 3.44. The van der Waals surface area contributed by atoms with Crippen LogP contribution in [0.1, 0.15) is 49.0 Å². The number of aliphatic hydroxyl groups is 1. The first kappa shape index (κ1) is 23.3. The molecule has 0 radical (unpaired) electrons. The zero-order valence-electron chi connectivity index (χ0n) is 20.4. The van der Waals surface area contributed by atoms with Crippen molar-refractivity contribution in [3.63, 3.8) is 0 Å². The number of aliphatic hydroxyl groups excluding tert-OH is 1. The molecule has 2 heterocycles. The van der Waals surface area contributed by atoms with E-state index in [-0.39, 0.29) is 23.7 Å². The normalized spacial score (nSPS) is 33.5. The summed E-state index contributed by atoms with van der Waals surface area (Å²) in [4.78, 5) is 30.0. The summed E-state index contributed by atoms with van der Waals surface area (Å²) in [5.74, 6) is 0.895. The summed E-state index contributed by atoms with van der Waals surface area (Å²) in [6.45, 7) is 0.762. The van der Waals surface area contributed by atoms with Gasteiger partial charge in [0.2, 0.25) is 5.91 Å². The van der Waals surface area contributed by atoms with Crippen LogP contribution in [-0.4, -0.2) is 53.4 Å². The lowest BCUT2D eigenvalue weighted by Gasteiger charge is -2.54. The van der Waals surface area contributed by atoms with Crippen molar-refractivity contribution in [1.82, 2.24) is 20.9 Å². The Bertz CT molecular complexity index is 1230. The van der Waals surface area contributed by atoms with Gasteiger partial charge in [0.25, 0.3) is 5.91 Å². The Morgan fingerprint density at radius 3 is 2.89 bits per heavy atom. The van der Waals surface area contributed by atoms with Crippen molar-refractivity contribution < 1.29 is 19.4 Å². The van der Waals surface area contributed by atoms with Crippen molar-refractivity contribution in [3.8, 4) is 11.8 Å². The Kier molecular flexibility index (Phi) is 5.69. The Hall–Kier alpha value is -3.09. The molecule has 2 bridgehead atoms. The van der Waals surface area contributed by atoms with Crippen molar-refractivity contribution in [2.75, 3.05) is 13.7 Å². The molecule has 5 fully saturated rings. The first-order valence-electron chi connectivity index (χ1n) is 13.0. The molecule has 1 aromatic heterocycles. The molecule has 9 heteroatoms. The second-order valence-corrected chi connectivity index (χ2v) is 11.1. The number of nitrogens with zero attached hydrogens (tertiary/aromatic N) is 1. The van der Waals surface area contributed by atoms with Crippen LogP contribution in [0.15, 0.2) is 24.3 Å². The summed E-state index contributed by atoms with van der Waals surface area (Å²) in [5.41, 5.74) is 0.121. The molecular weight excluding hydrogens is 458 g/mol. The van der Waals surface area contributed by atoms with Gasteiger partial charge in [0.1, 0.15) is 29.3 Å². The highest BCUT2D eigenvalue weighted by molar-refractivity contribution is 6.01. The topological polar surface area (TPSA) is 139 Å². The number of methoxy groups -OCH3 is 1. The second-order valence-electron chi connectivity index (χ2n) is 11.1. The van der Waals surface area contributed by atoms with Gasteiger partial charge in [-0.05, 0) is 61.6 Å². The number of rotatable bonds is 7. The lowest BCUT2D eigenvalue weighted by Crippen LogP contribution is -2.66. The van der Waals surface area contributed by atoms with Gasteiger partial charge in [-0.25, -0.2) is 0 Å². The quantitative estimate of drug-likeness (QED) is 0.402. The molecule has 2 amide bonds. The number of aromatic nitrogens is 1. The molecular formula is C27H33N5O4. The number of ether oxygens (including phenoxy) is 1. The minimum Gasteiger partial charge on any atom is -0.496 e. The van der Waals surface area contributed by atoms with Gasteiger partial charge in [-0.2, -0.15) is 5.26 Å². The number of carbonyl (C=O) groups excluding carboxylic acids is 2. The lowest BCUT2D eigenvalue weighted by atomic mass is 9.52. The van der Waals surface area contributed by atoms with Crippen LogP contribution < -0.4 is 20.7 Å². The summed E-state index contributed by atoms with van der Waals surface area (Å²) < 4.78 is 5.40. The fraction of sp³-hybridized carbons (Fsp3) is 0.593. The summed E-state index contributed by atoms with van der Waals surface area (Å²) >= 11 is 0. The molecule has 0 spiro atoms. The molecule has 5 aliphatic rings. The van der Waals surface area contributed by atoms with E-state index >= 15 is 0 Å². The van der Waals surface area contributed by atoms with Gasteiger partial charge >= 0.3 is 0 Å². The molecule has 9 nitrogen and oxygen atoms in total.